The molecule has 0 spiro atoms. The molecule has 1 aromatic carbocycles. The van der Waals surface area contributed by atoms with Crippen molar-refractivity contribution in [3.05, 3.63) is 60.1 Å². The second-order valence-corrected chi connectivity index (χ2v) is 7.68. The largest absolute Gasteiger partial charge is 0.468 e. The second-order valence-electron chi connectivity index (χ2n) is 7.68. The molecule has 4 heteroatoms. The molecule has 2 fully saturated rings. The normalized spacial score (nSPS) is 22.1. The molecule has 0 saturated carbocycles. The SMILES string of the molecule is N#CC1(c2ccccc2)CCN(C2CCN(Cc3ccco3)CC2)CC1. The number of piperidine rings is 2. The third-order valence-electron chi connectivity index (χ3n) is 6.23. The van der Waals surface area contributed by atoms with Crippen LogP contribution in [0.2, 0.25) is 0 Å². The molecule has 4 nitrogen and oxygen atoms in total. The maximum atomic E-state index is 9.86. The van der Waals surface area contributed by atoms with Gasteiger partial charge in [-0.05, 0) is 43.4 Å². The maximum absolute atomic E-state index is 9.86. The number of hydrogen-bond acceptors (Lipinski definition) is 4. The van der Waals surface area contributed by atoms with Gasteiger partial charge >= 0.3 is 0 Å². The number of nitriles is 1. The van der Waals surface area contributed by atoms with E-state index in [1.807, 2.05) is 12.1 Å². The summed E-state index contributed by atoms with van der Waals surface area (Å²) < 4.78 is 5.47. The highest BCUT2D eigenvalue weighted by Crippen LogP contribution is 2.36. The molecule has 1 aromatic heterocycles. The summed E-state index contributed by atoms with van der Waals surface area (Å²) in [4.78, 5) is 5.12. The summed E-state index contributed by atoms with van der Waals surface area (Å²) in [5.74, 6) is 1.06. The first kappa shape index (κ1) is 17.3. The van der Waals surface area contributed by atoms with Crippen molar-refractivity contribution in [1.29, 1.82) is 5.26 Å². The fourth-order valence-electron chi connectivity index (χ4n) is 4.56. The molecule has 2 aromatic rings. The van der Waals surface area contributed by atoms with Gasteiger partial charge in [-0.1, -0.05) is 30.3 Å². The Hall–Kier alpha value is -2.09. The summed E-state index contributed by atoms with van der Waals surface area (Å²) in [6, 6.07) is 17.7. The summed E-state index contributed by atoms with van der Waals surface area (Å²) in [5, 5.41) is 9.86. The molecule has 0 bridgehead atoms. The van der Waals surface area contributed by atoms with Gasteiger partial charge in [-0.25, -0.2) is 0 Å². The van der Waals surface area contributed by atoms with E-state index in [1.165, 1.54) is 18.4 Å². The van der Waals surface area contributed by atoms with E-state index >= 15 is 0 Å². The number of likely N-dealkylation sites (tertiary alicyclic amines) is 2. The van der Waals surface area contributed by atoms with Crippen LogP contribution in [0.1, 0.15) is 37.0 Å². The molecule has 0 atom stereocenters. The molecule has 0 aliphatic carbocycles. The van der Waals surface area contributed by atoms with Crippen LogP contribution in [0.25, 0.3) is 0 Å². The highest BCUT2D eigenvalue weighted by molar-refractivity contribution is 5.33. The second kappa shape index (κ2) is 7.65. The van der Waals surface area contributed by atoms with Crippen molar-refractivity contribution in [2.24, 2.45) is 0 Å². The van der Waals surface area contributed by atoms with Crippen LogP contribution in [-0.2, 0) is 12.0 Å². The van der Waals surface area contributed by atoms with E-state index in [0.717, 1.165) is 51.3 Å². The van der Waals surface area contributed by atoms with Gasteiger partial charge in [0.25, 0.3) is 0 Å². The molecule has 0 radical (unpaired) electrons. The van der Waals surface area contributed by atoms with Gasteiger partial charge in [-0.3, -0.25) is 4.90 Å². The van der Waals surface area contributed by atoms with Crippen LogP contribution >= 0.6 is 0 Å². The molecule has 3 heterocycles. The van der Waals surface area contributed by atoms with Crippen molar-refractivity contribution in [1.82, 2.24) is 9.80 Å². The molecule has 0 N–H and O–H groups in total. The van der Waals surface area contributed by atoms with Crippen LogP contribution in [0.5, 0.6) is 0 Å². The van der Waals surface area contributed by atoms with Gasteiger partial charge in [-0.15, -0.1) is 0 Å². The third-order valence-corrected chi connectivity index (χ3v) is 6.23. The van der Waals surface area contributed by atoms with Crippen molar-refractivity contribution in [3.63, 3.8) is 0 Å². The van der Waals surface area contributed by atoms with Gasteiger partial charge < -0.3 is 9.32 Å². The van der Waals surface area contributed by atoms with E-state index in [2.05, 4.69) is 46.2 Å². The number of hydrogen-bond donors (Lipinski definition) is 0. The fraction of sp³-hybridized carbons (Fsp3) is 0.500. The monoisotopic (exact) mass is 349 g/mol. The minimum Gasteiger partial charge on any atom is -0.468 e. The standard InChI is InChI=1S/C22H27N3O/c23-18-22(19-5-2-1-3-6-19)10-14-25(15-11-22)20-8-12-24(13-9-20)17-21-7-4-16-26-21/h1-7,16,20H,8-15,17H2. The van der Waals surface area contributed by atoms with Crippen LogP contribution in [0.4, 0.5) is 0 Å². The lowest BCUT2D eigenvalue weighted by Gasteiger charge is -2.44. The summed E-state index contributed by atoms with van der Waals surface area (Å²) in [7, 11) is 0. The fourth-order valence-corrected chi connectivity index (χ4v) is 4.56. The number of rotatable bonds is 4. The van der Waals surface area contributed by atoms with Crippen molar-refractivity contribution in [2.75, 3.05) is 26.2 Å². The Morgan fingerprint density at radius 1 is 1.00 bits per heavy atom. The molecular formula is C22H27N3O. The van der Waals surface area contributed by atoms with E-state index in [9.17, 15) is 5.26 Å². The molecule has 2 saturated heterocycles. The zero-order valence-electron chi connectivity index (χ0n) is 15.3. The van der Waals surface area contributed by atoms with Crippen molar-refractivity contribution in [3.8, 4) is 6.07 Å². The summed E-state index contributed by atoms with van der Waals surface area (Å²) >= 11 is 0. The Morgan fingerprint density at radius 3 is 2.35 bits per heavy atom. The van der Waals surface area contributed by atoms with Gasteiger partial charge in [0.1, 0.15) is 5.76 Å². The molecule has 4 rings (SSSR count). The summed E-state index contributed by atoms with van der Waals surface area (Å²) in [5.41, 5.74) is 0.896. The molecule has 26 heavy (non-hydrogen) atoms. The van der Waals surface area contributed by atoms with Gasteiger partial charge in [0, 0.05) is 32.2 Å². The third kappa shape index (κ3) is 3.56. The van der Waals surface area contributed by atoms with Gasteiger partial charge in [0.15, 0.2) is 0 Å². The number of furan rings is 1. The molecule has 136 valence electrons. The Kier molecular flexibility index (Phi) is 5.10. The first-order valence-electron chi connectivity index (χ1n) is 9.75. The maximum Gasteiger partial charge on any atom is 0.117 e. The van der Waals surface area contributed by atoms with Crippen LogP contribution in [0, 0.1) is 11.3 Å². The molecule has 2 aliphatic rings. The van der Waals surface area contributed by atoms with E-state index in [4.69, 9.17) is 4.42 Å². The van der Waals surface area contributed by atoms with E-state index in [1.54, 1.807) is 6.26 Å². The molecular weight excluding hydrogens is 322 g/mol. The lowest BCUT2D eigenvalue weighted by atomic mass is 9.73. The molecule has 0 unspecified atom stereocenters. The quantitative estimate of drug-likeness (QED) is 0.842. The lowest BCUT2D eigenvalue weighted by molar-refractivity contribution is 0.0735. The average molecular weight is 349 g/mol. The molecule has 2 aliphatic heterocycles. The predicted molar refractivity (Wildman–Crippen MR) is 102 cm³/mol. The lowest BCUT2D eigenvalue weighted by Crippen LogP contribution is -2.50. The number of nitrogens with zero attached hydrogens (tertiary/aromatic N) is 3. The zero-order chi connectivity index (χ0) is 17.8. The van der Waals surface area contributed by atoms with Crippen molar-refractivity contribution < 1.29 is 4.42 Å². The zero-order valence-corrected chi connectivity index (χ0v) is 15.3. The van der Waals surface area contributed by atoms with Gasteiger partial charge in [-0.2, -0.15) is 5.26 Å². The Bertz CT molecular complexity index is 719. The highest BCUT2D eigenvalue weighted by Gasteiger charge is 2.38. The van der Waals surface area contributed by atoms with Crippen LogP contribution in [0.15, 0.2) is 53.1 Å². The van der Waals surface area contributed by atoms with Crippen LogP contribution in [-0.4, -0.2) is 42.0 Å². The van der Waals surface area contributed by atoms with Gasteiger partial charge in [0.2, 0.25) is 0 Å². The minimum atomic E-state index is -0.294. The summed E-state index contributed by atoms with van der Waals surface area (Å²) in [6.07, 6.45) is 6.07. The highest BCUT2D eigenvalue weighted by atomic mass is 16.3. The van der Waals surface area contributed by atoms with Gasteiger partial charge in [0.05, 0.1) is 24.3 Å². The average Bonchev–Trinajstić information content (AvgIpc) is 3.22. The van der Waals surface area contributed by atoms with E-state index in [0.29, 0.717) is 6.04 Å². The first-order chi connectivity index (χ1) is 12.8. The van der Waals surface area contributed by atoms with Crippen LogP contribution in [0.3, 0.4) is 0 Å². The van der Waals surface area contributed by atoms with Crippen molar-refractivity contribution in [2.45, 2.75) is 43.7 Å². The molecule has 0 amide bonds. The summed E-state index contributed by atoms with van der Waals surface area (Å²) in [6.45, 7) is 5.25. The Labute approximate surface area is 156 Å². The van der Waals surface area contributed by atoms with E-state index in [-0.39, 0.29) is 5.41 Å². The predicted octanol–water partition coefficient (Wildman–Crippen LogP) is 3.80. The van der Waals surface area contributed by atoms with E-state index < -0.39 is 0 Å². The minimum absolute atomic E-state index is 0.294. The van der Waals surface area contributed by atoms with Crippen molar-refractivity contribution >= 4 is 0 Å². The topological polar surface area (TPSA) is 43.4 Å². The Morgan fingerprint density at radius 2 is 1.73 bits per heavy atom. The number of benzene rings is 1. The first-order valence-corrected chi connectivity index (χ1v) is 9.75. The smallest absolute Gasteiger partial charge is 0.117 e. The Balaban J connectivity index is 1.31. The van der Waals surface area contributed by atoms with Crippen LogP contribution < -0.4 is 0 Å².